The monoisotopic (exact) mass is 175 g/mol. The molecule has 0 saturated carbocycles. The normalized spacial score (nSPS) is 10.6. The molecule has 1 aromatic carbocycles. The van der Waals surface area contributed by atoms with E-state index in [1.165, 1.54) is 0 Å². The minimum absolute atomic E-state index is 0.109. The zero-order valence-electron chi connectivity index (χ0n) is 7.42. The van der Waals surface area contributed by atoms with Crippen molar-refractivity contribution in [1.29, 1.82) is 0 Å². The first-order valence-electron chi connectivity index (χ1n) is 4.34. The van der Waals surface area contributed by atoms with Crippen LogP contribution in [-0.4, -0.2) is 4.98 Å². The molecule has 0 fully saturated rings. The van der Waals surface area contributed by atoms with Crippen molar-refractivity contribution in [2.75, 3.05) is 0 Å². The van der Waals surface area contributed by atoms with Crippen molar-refractivity contribution in [2.45, 2.75) is 13.3 Å². The Morgan fingerprint density at radius 1 is 1.31 bits per heavy atom. The van der Waals surface area contributed by atoms with Gasteiger partial charge in [-0.15, -0.1) is 0 Å². The van der Waals surface area contributed by atoms with Gasteiger partial charge < -0.3 is 0 Å². The van der Waals surface area contributed by atoms with Gasteiger partial charge in [-0.25, -0.2) is 4.39 Å². The van der Waals surface area contributed by atoms with Gasteiger partial charge in [0.15, 0.2) is 0 Å². The van der Waals surface area contributed by atoms with E-state index in [2.05, 4.69) is 4.98 Å². The van der Waals surface area contributed by atoms with Gasteiger partial charge in [-0.1, -0.05) is 19.1 Å². The Kier molecular flexibility index (Phi) is 1.97. The molecule has 0 aliphatic rings. The van der Waals surface area contributed by atoms with Crippen LogP contribution < -0.4 is 0 Å². The number of hydrogen-bond acceptors (Lipinski definition) is 1. The lowest BCUT2D eigenvalue weighted by molar-refractivity contribution is 0.624. The van der Waals surface area contributed by atoms with Gasteiger partial charge in [-0.05, 0) is 18.1 Å². The Labute approximate surface area is 76.2 Å². The maximum absolute atomic E-state index is 13.6. The number of hydrogen-bond donors (Lipinski definition) is 0. The van der Waals surface area contributed by atoms with Gasteiger partial charge in [0.05, 0.1) is 0 Å². The summed E-state index contributed by atoms with van der Waals surface area (Å²) in [6.45, 7) is 1.95. The molecule has 0 bridgehead atoms. The number of pyridine rings is 1. The largest absolute Gasteiger partial charge is 0.264 e. The van der Waals surface area contributed by atoms with E-state index in [-0.39, 0.29) is 5.82 Å². The molecule has 0 unspecified atom stereocenters. The summed E-state index contributed by atoms with van der Waals surface area (Å²) in [5.74, 6) is -0.109. The molecule has 0 N–H and O–H groups in total. The van der Waals surface area contributed by atoms with E-state index in [1.54, 1.807) is 18.5 Å². The van der Waals surface area contributed by atoms with Crippen LogP contribution in [0.2, 0.25) is 0 Å². The SMILES string of the molecule is CCc1ccc2cnccc2c1F. The molecule has 0 radical (unpaired) electrons. The molecular formula is C11H10FN. The molecule has 0 saturated heterocycles. The van der Waals surface area contributed by atoms with Crippen molar-refractivity contribution in [1.82, 2.24) is 4.98 Å². The minimum atomic E-state index is -0.109. The van der Waals surface area contributed by atoms with Crippen molar-refractivity contribution >= 4 is 10.8 Å². The highest BCUT2D eigenvalue weighted by molar-refractivity contribution is 5.82. The summed E-state index contributed by atoms with van der Waals surface area (Å²) < 4.78 is 13.6. The topological polar surface area (TPSA) is 12.9 Å². The summed E-state index contributed by atoms with van der Waals surface area (Å²) in [4.78, 5) is 3.94. The average molecular weight is 175 g/mol. The van der Waals surface area contributed by atoms with Crippen molar-refractivity contribution < 1.29 is 4.39 Å². The second-order valence-corrected chi connectivity index (χ2v) is 2.99. The van der Waals surface area contributed by atoms with Gasteiger partial charge in [0, 0.05) is 23.2 Å². The minimum Gasteiger partial charge on any atom is -0.264 e. The quantitative estimate of drug-likeness (QED) is 0.649. The van der Waals surface area contributed by atoms with E-state index in [4.69, 9.17) is 0 Å². The molecule has 2 aromatic rings. The van der Waals surface area contributed by atoms with Crippen molar-refractivity contribution in [3.63, 3.8) is 0 Å². The van der Waals surface area contributed by atoms with E-state index < -0.39 is 0 Å². The lowest BCUT2D eigenvalue weighted by atomic mass is 10.1. The van der Waals surface area contributed by atoms with Crippen LogP contribution in [0, 0.1) is 5.82 Å². The third-order valence-electron chi connectivity index (χ3n) is 2.22. The highest BCUT2D eigenvalue weighted by atomic mass is 19.1. The molecule has 2 heteroatoms. The number of aromatic nitrogens is 1. The van der Waals surface area contributed by atoms with E-state index in [0.29, 0.717) is 5.39 Å². The summed E-state index contributed by atoms with van der Waals surface area (Å²) >= 11 is 0. The summed E-state index contributed by atoms with van der Waals surface area (Å²) in [6.07, 6.45) is 4.02. The molecule has 1 heterocycles. The van der Waals surface area contributed by atoms with E-state index in [0.717, 1.165) is 17.4 Å². The summed E-state index contributed by atoms with van der Waals surface area (Å²) in [7, 11) is 0. The van der Waals surface area contributed by atoms with Gasteiger partial charge in [0.1, 0.15) is 5.82 Å². The van der Waals surface area contributed by atoms with Gasteiger partial charge in [-0.3, -0.25) is 4.98 Å². The van der Waals surface area contributed by atoms with Crippen molar-refractivity contribution in [3.05, 3.63) is 42.0 Å². The number of fused-ring (bicyclic) bond motifs is 1. The standard InChI is InChI=1S/C11H10FN/c1-2-8-3-4-9-7-13-6-5-10(9)11(8)12/h3-7H,2H2,1H3. The van der Waals surface area contributed by atoms with Crippen molar-refractivity contribution in [3.8, 4) is 0 Å². The van der Waals surface area contributed by atoms with Crippen LogP contribution in [0.4, 0.5) is 4.39 Å². The maximum Gasteiger partial charge on any atom is 0.134 e. The van der Waals surface area contributed by atoms with Crippen molar-refractivity contribution in [2.24, 2.45) is 0 Å². The molecular weight excluding hydrogens is 165 g/mol. The fraction of sp³-hybridized carbons (Fsp3) is 0.182. The first-order chi connectivity index (χ1) is 6.33. The predicted molar refractivity (Wildman–Crippen MR) is 51.1 cm³/mol. The number of aryl methyl sites for hydroxylation is 1. The predicted octanol–water partition coefficient (Wildman–Crippen LogP) is 2.94. The van der Waals surface area contributed by atoms with E-state index in [1.807, 2.05) is 19.1 Å². The maximum atomic E-state index is 13.6. The Morgan fingerprint density at radius 2 is 2.15 bits per heavy atom. The highest BCUT2D eigenvalue weighted by Crippen LogP contribution is 2.19. The van der Waals surface area contributed by atoms with E-state index >= 15 is 0 Å². The second kappa shape index (κ2) is 3.13. The molecule has 0 atom stereocenters. The number of nitrogens with zero attached hydrogens (tertiary/aromatic N) is 1. The Bertz CT molecular complexity index is 437. The van der Waals surface area contributed by atoms with Gasteiger partial charge in [0.2, 0.25) is 0 Å². The Morgan fingerprint density at radius 3 is 2.92 bits per heavy atom. The smallest absolute Gasteiger partial charge is 0.134 e. The third kappa shape index (κ3) is 1.28. The molecule has 0 spiro atoms. The van der Waals surface area contributed by atoms with Crippen LogP contribution in [-0.2, 0) is 6.42 Å². The zero-order valence-corrected chi connectivity index (χ0v) is 7.42. The number of rotatable bonds is 1. The van der Waals surface area contributed by atoms with Gasteiger partial charge in [0.25, 0.3) is 0 Å². The van der Waals surface area contributed by atoms with Crippen LogP contribution in [0.5, 0.6) is 0 Å². The highest BCUT2D eigenvalue weighted by Gasteiger charge is 2.04. The van der Waals surface area contributed by atoms with Crippen LogP contribution in [0.15, 0.2) is 30.6 Å². The van der Waals surface area contributed by atoms with Crippen LogP contribution >= 0.6 is 0 Å². The summed E-state index contributed by atoms with van der Waals surface area (Å²) in [5.41, 5.74) is 0.763. The van der Waals surface area contributed by atoms with Crippen LogP contribution in [0.25, 0.3) is 10.8 Å². The average Bonchev–Trinajstić information content (AvgIpc) is 2.19. The second-order valence-electron chi connectivity index (χ2n) is 2.99. The van der Waals surface area contributed by atoms with Crippen LogP contribution in [0.1, 0.15) is 12.5 Å². The number of halogens is 1. The lowest BCUT2D eigenvalue weighted by Gasteiger charge is -2.02. The molecule has 2 rings (SSSR count). The fourth-order valence-electron chi connectivity index (χ4n) is 1.45. The Hall–Kier alpha value is -1.44. The lowest BCUT2D eigenvalue weighted by Crippen LogP contribution is -1.89. The first-order valence-corrected chi connectivity index (χ1v) is 4.34. The molecule has 66 valence electrons. The Balaban J connectivity index is 2.79. The fourth-order valence-corrected chi connectivity index (χ4v) is 1.45. The number of benzene rings is 1. The molecule has 0 aliphatic carbocycles. The molecule has 13 heavy (non-hydrogen) atoms. The van der Waals surface area contributed by atoms with E-state index in [9.17, 15) is 4.39 Å². The summed E-state index contributed by atoms with van der Waals surface area (Å²) in [5, 5.41) is 1.52. The zero-order chi connectivity index (χ0) is 9.26. The summed E-state index contributed by atoms with van der Waals surface area (Å²) in [6, 6.07) is 5.44. The molecule has 0 aliphatic heterocycles. The van der Waals surface area contributed by atoms with Gasteiger partial charge >= 0.3 is 0 Å². The third-order valence-corrected chi connectivity index (χ3v) is 2.22. The van der Waals surface area contributed by atoms with Gasteiger partial charge in [-0.2, -0.15) is 0 Å². The molecule has 0 amide bonds. The first kappa shape index (κ1) is 8.17. The molecule has 1 aromatic heterocycles. The van der Waals surface area contributed by atoms with Crippen LogP contribution in [0.3, 0.4) is 0 Å². The molecule has 1 nitrogen and oxygen atoms in total.